The van der Waals surface area contributed by atoms with Gasteiger partial charge in [-0.15, -0.1) is 4.52 Å². The molecule has 0 aromatic rings. The molecule has 0 aromatic carbocycles. The standard InChI is InChI=1S/C10H20O2P/c1-2-9(8-12-13-11)10-6-4-3-5-7-10/h9-10,13H,2-8H2,1H3/q+1. The normalized spacial score (nSPS) is 21.9. The largest absolute Gasteiger partial charge is 0.494 e. The SMILES string of the molecule is CCC(CO[PH+]=O)C1CCCCC1. The smallest absolute Gasteiger partial charge is 0.148 e. The third-order valence-electron chi connectivity index (χ3n) is 3.20. The van der Waals surface area contributed by atoms with Gasteiger partial charge in [0.2, 0.25) is 0 Å². The summed E-state index contributed by atoms with van der Waals surface area (Å²) >= 11 is 0. The maximum Gasteiger partial charge on any atom is 0.494 e. The topological polar surface area (TPSA) is 26.3 Å². The molecule has 2 unspecified atom stereocenters. The Labute approximate surface area is 82.3 Å². The lowest BCUT2D eigenvalue weighted by Gasteiger charge is -2.27. The van der Waals surface area contributed by atoms with Gasteiger partial charge in [0.15, 0.2) is 0 Å². The molecule has 13 heavy (non-hydrogen) atoms. The van der Waals surface area contributed by atoms with Crippen molar-refractivity contribution in [1.29, 1.82) is 0 Å². The molecule has 2 atom stereocenters. The van der Waals surface area contributed by atoms with E-state index in [-0.39, 0.29) is 0 Å². The van der Waals surface area contributed by atoms with Crippen molar-refractivity contribution in [2.45, 2.75) is 45.4 Å². The molecule has 1 saturated carbocycles. The second kappa shape index (κ2) is 6.50. The van der Waals surface area contributed by atoms with Gasteiger partial charge in [0.1, 0.15) is 6.61 Å². The molecule has 3 heteroatoms. The third kappa shape index (κ3) is 3.74. The fourth-order valence-electron chi connectivity index (χ4n) is 2.33. The van der Waals surface area contributed by atoms with Gasteiger partial charge in [0, 0.05) is 0 Å². The summed E-state index contributed by atoms with van der Waals surface area (Å²) in [6.07, 6.45) is 8.02. The Morgan fingerprint density at radius 2 is 2.08 bits per heavy atom. The van der Waals surface area contributed by atoms with Crippen molar-refractivity contribution in [3.63, 3.8) is 0 Å². The van der Waals surface area contributed by atoms with Gasteiger partial charge in [-0.3, -0.25) is 0 Å². The van der Waals surface area contributed by atoms with Crippen LogP contribution < -0.4 is 0 Å². The van der Waals surface area contributed by atoms with E-state index >= 15 is 0 Å². The van der Waals surface area contributed by atoms with Crippen LogP contribution in [0.25, 0.3) is 0 Å². The van der Waals surface area contributed by atoms with Crippen LogP contribution in [0.2, 0.25) is 0 Å². The summed E-state index contributed by atoms with van der Waals surface area (Å²) in [4.78, 5) is 0. The van der Waals surface area contributed by atoms with Crippen LogP contribution in [0.1, 0.15) is 45.4 Å². The Kier molecular flexibility index (Phi) is 5.57. The molecule has 1 aliphatic carbocycles. The molecular formula is C10H20O2P+. The van der Waals surface area contributed by atoms with Crippen molar-refractivity contribution in [2.75, 3.05) is 6.61 Å². The molecule has 1 aliphatic rings. The van der Waals surface area contributed by atoms with E-state index in [1.807, 2.05) is 0 Å². The summed E-state index contributed by atoms with van der Waals surface area (Å²) in [5.41, 5.74) is 0. The molecule has 0 bridgehead atoms. The molecule has 0 spiro atoms. The zero-order chi connectivity index (χ0) is 9.52. The van der Waals surface area contributed by atoms with Crippen LogP contribution in [0, 0.1) is 11.8 Å². The van der Waals surface area contributed by atoms with E-state index in [0.29, 0.717) is 12.5 Å². The summed E-state index contributed by atoms with van der Waals surface area (Å²) in [6, 6.07) is 0. The number of hydrogen-bond acceptors (Lipinski definition) is 2. The van der Waals surface area contributed by atoms with Gasteiger partial charge in [0.05, 0.1) is 0 Å². The summed E-state index contributed by atoms with van der Waals surface area (Å²) in [5, 5.41) is 0. The Morgan fingerprint density at radius 1 is 1.38 bits per heavy atom. The van der Waals surface area contributed by atoms with Crippen LogP contribution in [0.5, 0.6) is 0 Å². The van der Waals surface area contributed by atoms with Crippen LogP contribution >= 0.6 is 8.69 Å². The summed E-state index contributed by atoms with van der Waals surface area (Å²) in [5.74, 6) is 1.47. The highest BCUT2D eigenvalue weighted by Crippen LogP contribution is 2.32. The van der Waals surface area contributed by atoms with Gasteiger partial charge in [-0.05, 0) is 16.4 Å². The van der Waals surface area contributed by atoms with Crippen molar-refractivity contribution >= 4 is 8.69 Å². The van der Waals surface area contributed by atoms with E-state index in [1.54, 1.807) is 0 Å². The maximum atomic E-state index is 10.2. The summed E-state index contributed by atoms with van der Waals surface area (Å²) in [7, 11) is -0.582. The van der Waals surface area contributed by atoms with Crippen molar-refractivity contribution in [3.8, 4) is 0 Å². The van der Waals surface area contributed by atoms with E-state index in [1.165, 1.54) is 32.1 Å². The van der Waals surface area contributed by atoms with Crippen LogP contribution in [0.4, 0.5) is 0 Å². The lowest BCUT2D eigenvalue weighted by atomic mass is 9.79. The Morgan fingerprint density at radius 3 is 2.62 bits per heavy atom. The first kappa shape index (κ1) is 11.1. The first-order valence-electron chi connectivity index (χ1n) is 5.37. The predicted octanol–water partition coefficient (Wildman–Crippen LogP) is 3.55. The first-order valence-corrected chi connectivity index (χ1v) is 6.19. The quantitative estimate of drug-likeness (QED) is 0.639. The predicted molar refractivity (Wildman–Crippen MR) is 55.3 cm³/mol. The lowest BCUT2D eigenvalue weighted by Crippen LogP contribution is -2.20. The van der Waals surface area contributed by atoms with Crippen molar-refractivity contribution in [2.24, 2.45) is 11.8 Å². The van der Waals surface area contributed by atoms with E-state index in [0.717, 1.165) is 12.3 Å². The van der Waals surface area contributed by atoms with Gasteiger partial charge in [-0.25, -0.2) is 0 Å². The second-order valence-corrected chi connectivity index (χ2v) is 4.42. The van der Waals surface area contributed by atoms with E-state index in [4.69, 9.17) is 4.52 Å². The van der Waals surface area contributed by atoms with Crippen LogP contribution in [-0.2, 0) is 9.09 Å². The zero-order valence-corrected chi connectivity index (χ0v) is 9.42. The molecule has 0 radical (unpaired) electrons. The van der Waals surface area contributed by atoms with Gasteiger partial charge >= 0.3 is 8.69 Å². The maximum absolute atomic E-state index is 10.2. The van der Waals surface area contributed by atoms with Crippen molar-refractivity contribution < 1.29 is 9.09 Å². The Bertz CT molecular complexity index is 144. The minimum atomic E-state index is -0.582. The summed E-state index contributed by atoms with van der Waals surface area (Å²) < 4.78 is 15.3. The van der Waals surface area contributed by atoms with Crippen molar-refractivity contribution in [3.05, 3.63) is 0 Å². The molecule has 0 aromatic heterocycles. The van der Waals surface area contributed by atoms with Gasteiger partial charge in [0.25, 0.3) is 0 Å². The van der Waals surface area contributed by atoms with E-state index < -0.39 is 8.69 Å². The molecule has 2 nitrogen and oxygen atoms in total. The monoisotopic (exact) mass is 203 g/mol. The fourth-order valence-corrected chi connectivity index (χ4v) is 2.62. The average Bonchev–Trinajstić information content (AvgIpc) is 2.21. The van der Waals surface area contributed by atoms with Gasteiger partial charge in [-0.1, -0.05) is 45.4 Å². The highest BCUT2D eigenvalue weighted by molar-refractivity contribution is 7.17. The molecule has 0 aliphatic heterocycles. The van der Waals surface area contributed by atoms with Gasteiger partial charge in [-0.2, -0.15) is 0 Å². The molecule has 0 heterocycles. The van der Waals surface area contributed by atoms with Crippen molar-refractivity contribution in [1.82, 2.24) is 0 Å². The highest BCUT2D eigenvalue weighted by Gasteiger charge is 2.23. The van der Waals surface area contributed by atoms with E-state index in [2.05, 4.69) is 6.92 Å². The molecule has 0 saturated heterocycles. The van der Waals surface area contributed by atoms with E-state index in [9.17, 15) is 4.57 Å². The molecule has 0 amide bonds. The lowest BCUT2D eigenvalue weighted by molar-refractivity contribution is 0.167. The molecule has 0 N–H and O–H groups in total. The second-order valence-electron chi connectivity index (χ2n) is 3.96. The minimum Gasteiger partial charge on any atom is -0.148 e. The zero-order valence-electron chi connectivity index (χ0n) is 8.42. The number of hydrogen-bond donors (Lipinski definition) is 0. The van der Waals surface area contributed by atoms with Crippen LogP contribution in [0.3, 0.4) is 0 Å². The van der Waals surface area contributed by atoms with Crippen LogP contribution in [0.15, 0.2) is 0 Å². The number of rotatable bonds is 5. The highest BCUT2D eigenvalue weighted by atomic mass is 31.1. The average molecular weight is 203 g/mol. The minimum absolute atomic E-state index is 0.582. The molecular weight excluding hydrogens is 183 g/mol. The van der Waals surface area contributed by atoms with Gasteiger partial charge < -0.3 is 0 Å². The third-order valence-corrected chi connectivity index (χ3v) is 3.48. The molecule has 1 fully saturated rings. The molecule has 76 valence electrons. The summed E-state index contributed by atoms with van der Waals surface area (Å²) in [6.45, 7) is 2.90. The Balaban J connectivity index is 2.29. The molecule has 1 rings (SSSR count). The van der Waals surface area contributed by atoms with Crippen LogP contribution in [-0.4, -0.2) is 6.61 Å². The Hall–Kier alpha value is 0.0600. The first-order chi connectivity index (χ1) is 6.38. The fraction of sp³-hybridized carbons (Fsp3) is 1.00.